The Bertz CT molecular complexity index is 181. The third-order valence-corrected chi connectivity index (χ3v) is 1.45. The van der Waals surface area contributed by atoms with Crippen molar-refractivity contribution in [3.8, 4) is 12.3 Å². The third-order valence-electron chi connectivity index (χ3n) is 1.45. The van der Waals surface area contributed by atoms with Crippen LogP contribution in [0, 0.1) is 18.3 Å². The van der Waals surface area contributed by atoms with E-state index < -0.39 is 6.09 Å². The minimum atomic E-state index is -1.00. The van der Waals surface area contributed by atoms with Gasteiger partial charge >= 0.3 is 6.09 Å². The molecule has 0 aliphatic heterocycles. The van der Waals surface area contributed by atoms with Crippen LogP contribution < -0.4 is 5.32 Å². The maximum Gasteiger partial charge on any atom is 0.404 e. The Hall–Kier alpha value is -1.17. The Morgan fingerprint density at radius 3 is 2.58 bits per heavy atom. The zero-order valence-electron chi connectivity index (χ0n) is 7.50. The van der Waals surface area contributed by atoms with Crippen LogP contribution in [0.2, 0.25) is 0 Å². The van der Waals surface area contributed by atoms with E-state index in [9.17, 15) is 4.79 Å². The van der Waals surface area contributed by atoms with Gasteiger partial charge in [-0.2, -0.15) is 0 Å². The van der Waals surface area contributed by atoms with Crippen LogP contribution in [0.15, 0.2) is 0 Å². The molecule has 0 heterocycles. The van der Waals surface area contributed by atoms with E-state index in [1.165, 1.54) is 0 Å². The predicted octanol–water partition coefficient (Wildman–Crippen LogP) is 1.69. The molecule has 0 rings (SSSR count). The molecule has 3 heteroatoms. The van der Waals surface area contributed by atoms with E-state index in [1.54, 1.807) is 0 Å². The Morgan fingerprint density at radius 1 is 1.67 bits per heavy atom. The van der Waals surface area contributed by atoms with Crippen LogP contribution in [0.3, 0.4) is 0 Å². The maximum atomic E-state index is 10.3. The van der Waals surface area contributed by atoms with Gasteiger partial charge in [0.05, 0.1) is 0 Å². The minimum absolute atomic E-state index is 0.104. The van der Waals surface area contributed by atoms with Gasteiger partial charge in [0.1, 0.15) is 0 Å². The number of amides is 1. The van der Waals surface area contributed by atoms with Crippen LogP contribution >= 0.6 is 0 Å². The van der Waals surface area contributed by atoms with Gasteiger partial charge in [-0.25, -0.2) is 4.79 Å². The van der Waals surface area contributed by atoms with Crippen LogP contribution in [0.1, 0.15) is 26.7 Å². The molecule has 0 saturated heterocycles. The fourth-order valence-corrected chi connectivity index (χ4v) is 1.08. The normalized spacial score (nSPS) is 12.2. The summed E-state index contributed by atoms with van der Waals surface area (Å²) in [5, 5.41) is 10.8. The van der Waals surface area contributed by atoms with Crippen molar-refractivity contribution in [2.45, 2.75) is 32.7 Å². The standard InChI is InChI=1S/C9H15NO2/c1-4-5-8(6-7(2)3)10-9(11)12/h1,7-8,10H,5-6H2,2-3H3,(H,11,12)/t8-/m1/s1. The maximum absolute atomic E-state index is 10.3. The predicted molar refractivity (Wildman–Crippen MR) is 47.9 cm³/mol. The Kier molecular flexibility index (Phi) is 4.94. The van der Waals surface area contributed by atoms with Crippen molar-refractivity contribution < 1.29 is 9.90 Å². The summed E-state index contributed by atoms with van der Waals surface area (Å²) in [4.78, 5) is 10.3. The molecule has 12 heavy (non-hydrogen) atoms. The molecule has 68 valence electrons. The van der Waals surface area contributed by atoms with Gasteiger partial charge in [-0.3, -0.25) is 0 Å². The first-order valence-electron chi connectivity index (χ1n) is 3.99. The molecule has 2 N–H and O–H groups in total. The molecule has 0 aliphatic carbocycles. The first-order chi connectivity index (χ1) is 5.56. The first kappa shape index (κ1) is 10.8. The topological polar surface area (TPSA) is 49.3 Å². The Morgan fingerprint density at radius 2 is 2.25 bits per heavy atom. The number of carbonyl (C=O) groups is 1. The molecule has 1 atom stereocenters. The molecule has 0 aliphatic rings. The van der Waals surface area contributed by atoms with Gasteiger partial charge in [-0.15, -0.1) is 12.3 Å². The second kappa shape index (κ2) is 5.48. The number of nitrogens with one attached hydrogen (secondary N) is 1. The van der Waals surface area contributed by atoms with Crippen molar-refractivity contribution >= 4 is 6.09 Å². The summed E-state index contributed by atoms with van der Waals surface area (Å²) in [7, 11) is 0. The van der Waals surface area contributed by atoms with Gasteiger partial charge in [-0.05, 0) is 12.3 Å². The average Bonchev–Trinajstić information content (AvgIpc) is 1.84. The molecule has 0 unspecified atom stereocenters. The number of hydrogen-bond acceptors (Lipinski definition) is 1. The van der Waals surface area contributed by atoms with Crippen molar-refractivity contribution in [3.63, 3.8) is 0 Å². The second-order valence-corrected chi connectivity index (χ2v) is 3.18. The summed E-state index contributed by atoms with van der Waals surface area (Å²) in [6, 6.07) is -0.104. The zero-order valence-corrected chi connectivity index (χ0v) is 7.50. The number of carboxylic acid groups (broad SMARTS) is 1. The molecule has 0 fully saturated rings. The highest BCUT2D eigenvalue weighted by atomic mass is 16.4. The highest BCUT2D eigenvalue weighted by Crippen LogP contribution is 2.06. The molecular weight excluding hydrogens is 154 g/mol. The Labute approximate surface area is 73.2 Å². The summed E-state index contributed by atoms with van der Waals surface area (Å²) in [5.41, 5.74) is 0. The summed E-state index contributed by atoms with van der Waals surface area (Å²) in [6.45, 7) is 4.07. The van der Waals surface area contributed by atoms with E-state index in [0.29, 0.717) is 12.3 Å². The SMILES string of the molecule is C#CC[C@H](CC(C)C)NC(=O)O. The molecule has 1 amide bonds. The monoisotopic (exact) mass is 169 g/mol. The van der Waals surface area contributed by atoms with Crippen LogP contribution in [-0.2, 0) is 0 Å². The largest absolute Gasteiger partial charge is 0.465 e. The molecular formula is C9H15NO2. The van der Waals surface area contributed by atoms with Crippen LogP contribution in [0.25, 0.3) is 0 Å². The lowest BCUT2D eigenvalue weighted by Crippen LogP contribution is -2.34. The van der Waals surface area contributed by atoms with Crippen molar-refractivity contribution in [2.75, 3.05) is 0 Å². The molecule has 0 radical (unpaired) electrons. The van der Waals surface area contributed by atoms with E-state index in [-0.39, 0.29) is 6.04 Å². The number of rotatable bonds is 4. The first-order valence-corrected chi connectivity index (χ1v) is 3.99. The van der Waals surface area contributed by atoms with Crippen LogP contribution in [-0.4, -0.2) is 17.2 Å². The third kappa shape index (κ3) is 5.60. The highest BCUT2D eigenvalue weighted by Gasteiger charge is 2.11. The summed E-state index contributed by atoms with van der Waals surface area (Å²) in [5.74, 6) is 2.91. The van der Waals surface area contributed by atoms with Crippen LogP contribution in [0.5, 0.6) is 0 Å². The van der Waals surface area contributed by atoms with Gasteiger partial charge in [-0.1, -0.05) is 13.8 Å². The van der Waals surface area contributed by atoms with Gasteiger partial charge in [0.2, 0.25) is 0 Å². The number of terminal acetylenes is 1. The Balaban J connectivity index is 3.87. The van der Waals surface area contributed by atoms with Gasteiger partial charge < -0.3 is 10.4 Å². The van der Waals surface area contributed by atoms with Crippen molar-refractivity contribution in [2.24, 2.45) is 5.92 Å². The highest BCUT2D eigenvalue weighted by molar-refractivity contribution is 5.64. The smallest absolute Gasteiger partial charge is 0.404 e. The van der Waals surface area contributed by atoms with Crippen molar-refractivity contribution in [1.82, 2.24) is 5.32 Å². The van der Waals surface area contributed by atoms with E-state index in [2.05, 4.69) is 11.2 Å². The zero-order chi connectivity index (χ0) is 9.56. The lowest BCUT2D eigenvalue weighted by Gasteiger charge is -2.15. The summed E-state index contributed by atoms with van der Waals surface area (Å²) in [6.07, 6.45) is 5.35. The lowest BCUT2D eigenvalue weighted by molar-refractivity contribution is 0.188. The quantitative estimate of drug-likeness (QED) is 0.629. The fraction of sp³-hybridized carbons (Fsp3) is 0.667. The van der Waals surface area contributed by atoms with E-state index >= 15 is 0 Å². The average molecular weight is 169 g/mol. The van der Waals surface area contributed by atoms with Gasteiger partial charge in [0, 0.05) is 12.5 Å². The van der Waals surface area contributed by atoms with Crippen LogP contribution in [0.4, 0.5) is 4.79 Å². The number of hydrogen-bond donors (Lipinski definition) is 2. The second-order valence-electron chi connectivity index (χ2n) is 3.18. The lowest BCUT2D eigenvalue weighted by atomic mass is 10.0. The molecule has 0 aromatic carbocycles. The fourth-order valence-electron chi connectivity index (χ4n) is 1.08. The molecule has 0 aromatic heterocycles. The van der Waals surface area contributed by atoms with Crippen molar-refractivity contribution in [1.29, 1.82) is 0 Å². The summed E-state index contributed by atoms with van der Waals surface area (Å²) < 4.78 is 0. The van der Waals surface area contributed by atoms with E-state index in [0.717, 1.165) is 6.42 Å². The molecule has 0 saturated carbocycles. The van der Waals surface area contributed by atoms with E-state index in [4.69, 9.17) is 11.5 Å². The molecule has 0 bridgehead atoms. The molecule has 3 nitrogen and oxygen atoms in total. The van der Waals surface area contributed by atoms with Crippen molar-refractivity contribution in [3.05, 3.63) is 0 Å². The summed E-state index contributed by atoms with van der Waals surface area (Å²) >= 11 is 0. The molecule has 0 aromatic rings. The minimum Gasteiger partial charge on any atom is -0.465 e. The van der Waals surface area contributed by atoms with E-state index in [1.807, 2.05) is 13.8 Å². The van der Waals surface area contributed by atoms with Gasteiger partial charge in [0.15, 0.2) is 0 Å². The molecule has 0 spiro atoms. The van der Waals surface area contributed by atoms with Gasteiger partial charge in [0.25, 0.3) is 0 Å².